The number of fused-ring (bicyclic) bond motifs is 1. The Hall–Kier alpha value is -3.05. The average Bonchev–Trinajstić information content (AvgIpc) is 3.42. The highest BCUT2D eigenvalue weighted by Crippen LogP contribution is 2.33. The van der Waals surface area contributed by atoms with Crippen molar-refractivity contribution in [2.75, 3.05) is 11.9 Å². The van der Waals surface area contributed by atoms with Gasteiger partial charge in [-0.25, -0.2) is 0 Å². The van der Waals surface area contributed by atoms with E-state index in [1.54, 1.807) is 17.8 Å². The summed E-state index contributed by atoms with van der Waals surface area (Å²) in [7, 11) is 0. The van der Waals surface area contributed by atoms with Crippen molar-refractivity contribution < 1.29 is 9.59 Å². The van der Waals surface area contributed by atoms with Gasteiger partial charge in [0.05, 0.1) is 4.91 Å². The highest BCUT2D eigenvalue weighted by atomic mass is 32.2. The Morgan fingerprint density at radius 1 is 1.03 bits per heavy atom. The lowest BCUT2D eigenvalue weighted by Gasteiger charge is -2.13. The third kappa shape index (κ3) is 5.62. The van der Waals surface area contributed by atoms with Gasteiger partial charge in [0.15, 0.2) is 4.34 Å². The second-order valence-corrected chi connectivity index (χ2v) is 11.4. The van der Waals surface area contributed by atoms with E-state index in [0.29, 0.717) is 14.4 Å². The van der Waals surface area contributed by atoms with E-state index < -0.39 is 0 Å². The first kappa shape index (κ1) is 23.7. The topological polar surface area (TPSA) is 75.2 Å². The van der Waals surface area contributed by atoms with E-state index in [1.165, 1.54) is 44.3 Å². The van der Waals surface area contributed by atoms with Crippen LogP contribution in [0.25, 0.3) is 16.8 Å². The molecule has 1 aliphatic heterocycles. The maximum Gasteiger partial charge on any atom is 0.266 e. The zero-order valence-corrected chi connectivity index (χ0v) is 21.5. The molecule has 0 bridgehead atoms. The van der Waals surface area contributed by atoms with Crippen LogP contribution < -0.4 is 5.32 Å². The molecule has 1 N–H and O–H groups in total. The zero-order valence-electron chi connectivity index (χ0n) is 18.2. The van der Waals surface area contributed by atoms with Crippen LogP contribution in [0.4, 0.5) is 5.13 Å². The predicted octanol–water partition coefficient (Wildman–Crippen LogP) is 5.82. The Balaban J connectivity index is 1.18. The molecule has 0 saturated carbocycles. The van der Waals surface area contributed by atoms with E-state index >= 15 is 0 Å². The maximum atomic E-state index is 12.8. The molecule has 0 spiro atoms. The number of carbonyl (C=O) groups is 2. The third-order valence-corrected chi connectivity index (χ3v) is 8.56. The smallest absolute Gasteiger partial charge is 0.266 e. The molecule has 10 heteroatoms. The van der Waals surface area contributed by atoms with Gasteiger partial charge in [-0.3, -0.25) is 19.8 Å². The second kappa shape index (κ2) is 10.7. The van der Waals surface area contributed by atoms with E-state index in [1.807, 2.05) is 48.5 Å². The number of thioether (sulfide) groups is 2. The molecule has 6 nitrogen and oxygen atoms in total. The molecule has 1 aromatic heterocycles. The fourth-order valence-corrected chi connectivity index (χ4v) is 6.54. The lowest BCUT2D eigenvalue weighted by atomic mass is 10.1. The fraction of sp³-hybridized carbons (Fsp3) is 0.0800. The summed E-state index contributed by atoms with van der Waals surface area (Å²) in [5.41, 5.74) is 2.12. The molecule has 0 unspecified atom stereocenters. The van der Waals surface area contributed by atoms with E-state index in [2.05, 4.69) is 39.8 Å². The van der Waals surface area contributed by atoms with Gasteiger partial charge < -0.3 is 0 Å². The zero-order chi connectivity index (χ0) is 24.2. The van der Waals surface area contributed by atoms with Gasteiger partial charge in [0.1, 0.15) is 10.9 Å². The molecule has 0 aliphatic carbocycles. The number of amides is 2. The molecule has 1 aliphatic rings. The first-order valence-electron chi connectivity index (χ1n) is 10.6. The number of thiocarbonyl (C=S) groups is 1. The van der Waals surface area contributed by atoms with Crippen molar-refractivity contribution in [1.29, 1.82) is 0 Å². The summed E-state index contributed by atoms with van der Waals surface area (Å²) in [4.78, 5) is 27.2. The van der Waals surface area contributed by atoms with Gasteiger partial charge in [-0.15, -0.1) is 10.2 Å². The van der Waals surface area contributed by atoms with Crippen LogP contribution in [0.5, 0.6) is 0 Å². The number of carbonyl (C=O) groups excluding carboxylic acids is 2. The highest BCUT2D eigenvalue weighted by molar-refractivity contribution is 8.26. The molecule has 0 radical (unpaired) electrons. The largest absolute Gasteiger partial charge is 0.299 e. The first-order valence-corrected chi connectivity index (χ1v) is 13.6. The van der Waals surface area contributed by atoms with Crippen LogP contribution in [0.3, 0.4) is 0 Å². The van der Waals surface area contributed by atoms with E-state index in [4.69, 9.17) is 12.2 Å². The number of benzene rings is 3. The number of nitrogens with one attached hydrogen (secondary N) is 1. The summed E-state index contributed by atoms with van der Waals surface area (Å²) in [6, 6.07) is 24.0. The monoisotopic (exact) mass is 534 g/mol. The quantitative estimate of drug-likeness (QED) is 0.139. The van der Waals surface area contributed by atoms with Crippen LogP contribution in [-0.2, 0) is 15.3 Å². The summed E-state index contributed by atoms with van der Waals surface area (Å²) in [6.45, 7) is -0.172. The van der Waals surface area contributed by atoms with Crippen molar-refractivity contribution >= 4 is 85.2 Å². The van der Waals surface area contributed by atoms with Crippen molar-refractivity contribution in [2.24, 2.45) is 0 Å². The van der Waals surface area contributed by atoms with E-state index in [0.717, 1.165) is 15.7 Å². The van der Waals surface area contributed by atoms with Gasteiger partial charge in [-0.05, 0) is 28.0 Å². The van der Waals surface area contributed by atoms with Crippen LogP contribution >= 0.6 is 47.1 Å². The molecule has 5 rings (SSSR count). The van der Waals surface area contributed by atoms with Crippen molar-refractivity contribution in [3.63, 3.8) is 0 Å². The number of anilines is 1. The number of nitrogens with zero attached hydrogens (tertiary/aromatic N) is 3. The summed E-state index contributed by atoms with van der Waals surface area (Å²) < 4.78 is 1.11. The van der Waals surface area contributed by atoms with Crippen molar-refractivity contribution in [3.8, 4) is 0 Å². The van der Waals surface area contributed by atoms with Crippen LogP contribution in [0.15, 0.2) is 82.0 Å². The van der Waals surface area contributed by atoms with Gasteiger partial charge in [0, 0.05) is 5.75 Å². The number of aromatic nitrogens is 2. The molecular weight excluding hydrogens is 517 g/mol. The van der Waals surface area contributed by atoms with Crippen molar-refractivity contribution in [1.82, 2.24) is 15.1 Å². The molecule has 1 fully saturated rings. The van der Waals surface area contributed by atoms with Gasteiger partial charge in [-0.2, -0.15) is 0 Å². The van der Waals surface area contributed by atoms with Crippen LogP contribution in [0.2, 0.25) is 0 Å². The molecule has 2 amide bonds. The summed E-state index contributed by atoms with van der Waals surface area (Å²) in [6.07, 6.45) is 1.78. The Morgan fingerprint density at radius 2 is 1.80 bits per heavy atom. The molecular formula is C25H18N4O2S4. The number of hydrogen-bond acceptors (Lipinski definition) is 8. The molecule has 4 aromatic rings. The van der Waals surface area contributed by atoms with Crippen LogP contribution in [-0.4, -0.2) is 37.8 Å². The Morgan fingerprint density at radius 3 is 2.66 bits per heavy atom. The SMILES string of the molecule is O=C(CN1C(=O)/C(=C/c2ccccc2)SC1=S)Nc1nnc(SCc2cccc3ccccc23)s1. The van der Waals surface area contributed by atoms with Gasteiger partial charge in [0.2, 0.25) is 11.0 Å². The van der Waals surface area contributed by atoms with Gasteiger partial charge >= 0.3 is 0 Å². The summed E-state index contributed by atoms with van der Waals surface area (Å²) >= 11 is 9.40. The lowest BCUT2D eigenvalue weighted by molar-refractivity contribution is -0.126. The first-order chi connectivity index (χ1) is 17.1. The lowest BCUT2D eigenvalue weighted by Crippen LogP contribution is -2.36. The molecule has 35 heavy (non-hydrogen) atoms. The highest BCUT2D eigenvalue weighted by Gasteiger charge is 2.33. The molecule has 3 aromatic carbocycles. The molecule has 1 saturated heterocycles. The Kier molecular flexibility index (Phi) is 7.24. The van der Waals surface area contributed by atoms with Crippen LogP contribution in [0, 0.1) is 0 Å². The molecule has 174 valence electrons. The minimum absolute atomic E-state index is 0.172. The maximum absolute atomic E-state index is 12.8. The Labute approximate surface area is 219 Å². The fourth-order valence-electron chi connectivity index (χ4n) is 3.52. The van der Waals surface area contributed by atoms with E-state index in [-0.39, 0.29) is 18.4 Å². The van der Waals surface area contributed by atoms with Gasteiger partial charge in [-0.1, -0.05) is 120 Å². The summed E-state index contributed by atoms with van der Waals surface area (Å²) in [5, 5.41) is 13.8. The van der Waals surface area contributed by atoms with Crippen LogP contribution in [0.1, 0.15) is 11.1 Å². The predicted molar refractivity (Wildman–Crippen MR) is 148 cm³/mol. The number of rotatable bonds is 7. The normalized spacial score (nSPS) is 14.7. The van der Waals surface area contributed by atoms with E-state index in [9.17, 15) is 9.59 Å². The van der Waals surface area contributed by atoms with Crippen molar-refractivity contribution in [3.05, 3.63) is 88.8 Å². The standard InChI is InChI=1S/C25H18N4O2S4/c30-21(14-29-22(31)20(34-25(29)32)13-16-7-2-1-3-8-16)26-23-27-28-24(35-23)33-15-18-11-6-10-17-9-4-5-12-19(17)18/h1-13H,14-15H2,(H,26,27,30)/b20-13-. The third-order valence-electron chi connectivity index (χ3n) is 5.16. The summed E-state index contributed by atoms with van der Waals surface area (Å²) in [5.74, 6) is 0.0976. The second-order valence-electron chi connectivity index (χ2n) is 7.53. The molecule has 2 heterocycles. The minimum Gasteiger partial charge on any atom is -0.299 e. The molecule has 0 atom stereocenters. The average molecular weight is 535 g/mol. The van der Waals surface area contributed by atoms with Crippen molar-refractivity contribution in [2.45, 2.75) is 10.1 Å². The van der Waals surface area contributed by atoms with Gasteiger partial charge in [0.25, 0.3) is 5.91 Å². The Bertz CT molecular complexity index is 1450. The number of hydrogen-bond donors (Lipinski definition) is 1. The minimum atomic E-state index is -0.371.